The molecule has 1 aliphatic rings. The van der Waals surface area contributed by atoms with Crippen molar-refractivity contribution in [3.8, 4) is 11.1 Å². The maximum Gasteiger partial charge on any atom is 0.159 e. The number of fused-ring (bicyclic) bond motifs is 6. The van der Waals surface area contributed by atoms with Crippen LogP contribution in [0.25, 0.3) is 53.2 Å². The summed E-state index contributed by atoms with van der Waals surface area (Å²) in [6.07, 6.45) is -0.246. The molecule has 1 unspecified atom stereocenters. The minimum Gasteiger partial charge on any atom is -0.455 e. The summed E-state index contributed by atoms with van der Waals surface area (Å²) in [4.78, 5) is 10.0. The summed E-state index contributed by atoms with van der Waals surface area (Å²) in [5.41, 5.74) is 7.12. The van der Waals surface area contributed by atoms with E-state index in [2.05, 4.69) is 108 Å². The number of amidine groups is 2. The van der Waals surface area contributed by atoms with E-state index in [1.165, 1.54) is 25.7 Å². The van der Waals surface area contributed by atoms with Gasteiger partial charge in [-0.2, -0.15) is 0 Å². The van der Waals surface area contributed by atoms with Crippen LogP contribution in [0.5, 0.6) is 0 Å². The molecule has 5 heteroatoms. The van der Waals surface area contributed by atoms with Gasteiger partial charge in [-0.15, -0.1) is 11.3 Å². The molecule has 3 heterocycles. The summed E-state index contributed by atoms with van der Waals surface area (Å²) >= 11 is 1.84. The van der Waals surface area contributed by atoms with Gasteiger partial charge in [-0.3, -0.25) is 0 Å². The van der Waals surface area contributed by atoms with Crippen molar-refractivity contribution in [1.29, 1.82) is 0 Å². The van der Waals surface area contributed by atoms with Crippen LogP contribution in [0.2, 0.25) is 0 Å². The summed E-state index contributed by atoms with van der Waals surface area (Å²) in [5.74, 6) is 1.50. The largest absolute Gasteiger partial charge is 0.455 e. The lowest BCUT2D eigenvalue weighted by Gasteiger charge is -2.23. The Balaban J connectivity index is 1.19. The van der Waals surface area contributed by atoms with Gasteiger partial charge >= 0.3 is 0 Å². The molecule has 0 saturated heterocycles. The van der Waals surface area contributed by atoms with Crippen molar-refractivity contribution in [2.24, 2.45) is 9.98 Å². The number of para-hydroxylation sites is 1. The third-order valence-electron chi connectivity index (χ3n) is 8.35. The molecule has 0 bridgehead atoms. The Labute approximate surface area is 257 Å². The molecule has 44 heavy (non-hydrogen) atoms. The molecule has 1 aliphatic heterocycles. The van der Waals surface area contributed by atoms with Crippen molar-refractivity contribution < 1.29 is 4.42 Å². The number of rotatable bonds is 4. The molecule has 0 fully saturated rings. The lowest BCUT2D eigenvalue weighted by atomic mass is 10.00. The van der Waals surface area contributed by atoms with Gasteiger partial charge in [0, 0.05) is 53.2 Å². The fraction of sp³-hybridized carbons (Fsp3) is 0.0256. The molecule has 2 aromatic heterocycles. The summed E-state index contributed by atoms with van der Waals surface area (Å²) in [5, 5.41) is 8.32. The van der Waals surface area contributed by atoms with E-state index in [1.54, 1.807) is 0 Å². The first-order chi connectivity index (χ1) is 21.8. The zero-order valence-corrected chi connectivity index (χ0v) is 24.4. The number of aliphatic imine (C=N–C) groups is 2. The van der Waals surface area contributed by atoms with Gasteiger partial charge in [0.1, 0.15) is 23.2 Å². The molecule has 8 aromatic rings. The predicted octanol–water partition coefficient (Wildman–Crippen LogP) is 10.1. The third-order valence-corrected chi connectivity index (χ3v) is 9.57. The Morgan fingerprint density at radius 3 is 2.18 bits per heavy atom. The smallest absolute Gasteiger partial charge is 0.159 e. The van der Waals surface area contributed by atoms with E-state index >= 15 is 0 Å². The Hall–Kier alpha value is -5.52. The van der Waals surface area contributed by atoms with Gasteiger partial charge in [-0.05, 0) is 29.8 Å². The quantitative estimate of drug-likeness (QED) is 0.224. The second kappa shape index (κ2) is 10.0. The number of hydrogen-bond donors (Lipinski definition) is 1. The topological polar surface area (TPSA) is 49.9 Å². The van der Waals surface area contributed by atoms with Crippen LogP contribution < -0.4 is 5.32 Å². The fourth-order valence-corrected chi connectivity index (χ4v) is 7.47. The van der Waals surface area contributed by atoms with Gasteiger partial charge in [-0.1, -0.05) is 115 Å². The van der Waals surface area contributed by atoms with E-state index in [0.717, 1.165) is 50.0 Å². The first kappa shape index (κ1) is 25.0. The van der Waals surface area contributed by atoms with Gasteiger partial charge in [0.25, 0.3) is 0 Å². The molecule has 1 N–H and O–H groups in total. The molecular formula is C39H25N3OS. The van der Waals surface area contributed by atoms with Crippen molar-refractivity contribution in [3.05, 3.63) is 156 Å². The molecule has 0 saturated carbocycles. The van der Waals surface area contributed by atoms with Gasteiger partial charge in [-0.25, -0.2) is 9.98 Å². The number of benzene rings is 6. The Morgan fingerprint density at radius 2 is 1.32 bits per heavy atom. The van der Waals surface area contributed by atoms with Crippen molar-refractivity contribution in [1.82, 2.24) is 5.32 Å². The number of nitrogens with zero attached hydrogens (tertiary/aromatic N) is 2. The molecule has 4 nitrogen and oxygen atoms in total. The number of thiophene rings is 1. The molecule has 0 aliphatic carbocycles. The second-order valence-corrected chi connectivity index (χ2v) is 12.1. The first-order valence-corrected chi connectivity index (χ1v) is 15.5. The van der Waals surface area contributed by atoms with E-state index in [9.17, 15) is 0 Å². The number of nitrogens with one attached hydrogen (secondary N) is 1. The van der Waals surface area contributed by atoms with Gasteiger partial charge in [0.05, 0.1) is 0 Å². The fourth-order valence-electron chi connectivity index (χ4n) is 6.24. The average molecular weight is 584 g/mol. The highest BCUT2D eigenvalue weighted by molar-refractivity contribution is 7.26. The highest BCUT2D eigenvalue weighted by Gasteiger charge is 2.22. The van der Waals surface area contributed by atoms with E-state index in [4.69, 9.17) is 14.4 Å². The van der Waals surface area contributed by atoms with Crippen molar-refractivity contribution in [2.75, 3.05) is 0 Å². The average Bonchev–Trinajstić information content (AvgIpc) is 3.67. The van der Waals surface area contributed by atoms with Crippen LogP contribution in [0, 0.1) is 0 Å². The van der Waals surface area contributed by atoms with Crippen LogP contribution in [0.1, 0.15) is 22.9 Å². The van der Waals surface area contributed by atoms with E-state index < -0.39 is 0 Å². The first-order valence-electron chi connectivity index (χ1n) is 14.7. The molecule has 1 atom stereocenters. The SMILES string of the molecule is c1ccc(C2=NC(c3ccccc3)NC(c3ccc4oc5c(-c6cccc7c6sc6ccccc67)cccc5c4c3)=N2)cc1. The second-order valence-electron chi connectivity index (χ2n) is 11.0. The molecular weight excluding hydrogens is 559 g/mol. The van der Waals surface area contributed by atoms with Crippen LogP contribution in [0.3, 0.4) is 0 Å². The van der Waals surface area contributed by atoms with Crippen LogP contribution in [-0.4, -0.2) is 11.7 Å². The minimum absolute atomic E-state index is 0.246. The molecule has 0 radical (unpaired) electrons. The zero-order chi connectivity index (χ0) is 29.0. The van der Waals surface area contributed by atoms with Gasteiger partial charge in [0.2, 0.25) is 0 Å². The molecule has 6 aromatic carbocycles. The standard InChI is InChI=1S/C39H25N3OS/c1-3-11-24(12-4-1)37-40-38(25-13-5-2-6-14-25)42-39(41-37)26-21-22-33-32(23-26)29-17-9-16-28(35(29)43-33)31-19-10-18-30-27-15-7-8-20-34(27)44-36(30)31/h1-23,37H,(H,40,41,42). The maximum atomic E-state index is 6.60. The summed E-state index contributed by atoms with van der Waals surface area (Å²) in [7, 11) is 0. The third kappa shape index (κ3) is 4.05. The molecule has 0 spiro atoms. The minimum atomic E-state index is -0.246. The lowest BCUT2D eigenvalue weighted by Crippen LogP contribution is -2.33. The van der Waals surface area contributed by atoms with Crippen molar-refractivity contribution in [2.45, 2.75) is 6.17 Å². The lowest BCUT2D eigenvalue weighted by molar-refractivity contribution is 0.669. The number of furan rings is 1. The Bertz CT molecular complexity index is 2420. The molecule has 0 amide bonds. The van der Waals surface area contributed by atoms with E-state index in [1.807, 2.05) is 47.7 Å². The van der Waals surface area contributed by atoms with Gasteiger partial charge in [0.15, 0.2) is 5.84 Å². The molecule has 208 valence electrons. The normalized spacial score (nSPS) is 15.0. The number of hydrogen-bond acceptors (Lipinski definition) is 5. The van der Waals surface area contributed by atoms with Crippen molar-refractivity contribution in [3.63, 3.8) is 0 Å². The van der Waals surface area contributed by atoms with Crippen molar-refractivity contribution >= 4 is 65.1 Å². The maximum absolute atomic E-state index is 6.60. The van der Waals surface area contributed by atoms with Crippen LogP contribution in [0.15, 0.2) is 154 Å². The van der Waals surface area contributed by atoms with E-state index in [0.29, 0.717) is 5.84 Å². The molecule has 9 rings (SSSR count). The van der Waals surface area contributed by atoms with Gasteiger partial charge < -0.3 is 9.73 Å². The summed E-state index contributed by atoms with van der Waals surface area (Å²) < 4.78 is 9.18. The van der Waals surface area contributed by atoms with E-state index in [-0.39, 0.29) is 6.17 Å². The highest BCUT2D eigenvalue weighted by Crippen LogP contribution is 2.43. The zero-order valence-electron chi connectivity index (χ0n) is 23.6. The van der Waals surface area contributed by atoms with Crippen LogP contribution >= 0.6 is 11.3 Å². The predicted molar refractivity (Wildman–Crippen MR) is 184 cm³/mol. The summed E-state index contributed by atoms with van der Waals surface area (Å²) in [6, 6.07) is 48.5. The highest BCUT2D eigenvalue weighted by atomic mass is 32.1. The van der Waals surface area contributed by atoms with Crippen LogP contribution in [-0.2, 0) is 0 Å². The van der Waals surface area contributed by atoms with Crippen LogP contribution in [0.4, 0.5) is 0 Å². The Kier molecular flexibility index (Phi) is 5.71. The summed E-state index contributed by atoms with van der Waals surface area (Å²) in [6.45, 7) is 0. The Morgan fingerprint density at radius 1 is 0.591 bits per heavy atom. The monoisotopic (exact) mass is 583 g/mol.